The first-order valence-electron chi connectivity index (χ1n) is 7.77. The number of benzene rings is 1. The molecule has 0 saturated heterocycles. The summed E-state index contributed by atoms with van der Waals surface area (Å²) in [5.74, 6) is 1.55. The van der Waals surface area contributed by atoms with Crippen molar-refractivity contribution in [1.29, 1.82) is 0 Å². The van der Waals surface area contributed by atoms with Crippen molar-refractivity contribution in [3.8, 4) is 5.75 Å². The molecule has 2 atom stereocenters. The summed E-state index contributed by atoms with van der Waals surface area (Å²) in [6.07, 6.45) is 4.01. The Morgan fingerprint density at radius 2 is 2.18 bits per heavy atom. The van der Waals surface area contributed by atoms with E-state index in [0.29, 0.717) is 19.0 Å². The Labute approximate surface area is 139 Å². The van der Waals surface area contributed by atoms with E-state index in [2.05, 4.69) is 17.4 Å². The van der Waals surface area contributed by atoms with Gasteiger partial charge in [-0.15, -0.1) is 12.4 Å². The van der Waals surface area contributed by atoms with Crippen molar-refractivity contribution in [3.05, 3.63) is 29.3 Å². The highest BCUT2D eigenvalue weighted by atomic mass is 35.5. The molecule has 1 saturated carbocycles. The maximum Gasteiger partial charge on any atom is 0.223 e. The van der Waals surface area contributed by atoms with Crippen LogP contribution in [0.15, 0.2) is 18.2 Å². The maximum absolute atomic E-state index is 12.2. The number of rotatable bonds is 6. The molecule has 0 spiro atoms. The summed E-state index contributed by atoms with van der Waals surface area (Å²) in [4.78, 5) is 12.2. The van der Waals surface area contributed by atoms with Crippen LogP contribution >= 0.6 is 12.4 Å². The predicted molar refractivity (Wildman–Crippen MR) is 91.6 cm³/mol. The van der Waals surface area contributed by atoms with Crippen LogP contribution in [0.3, 0.4) is 0 Å². The molecule has 0 aliphatic heterocycles. The highest BCUT2D eigenvalue weighted by Gasteiger charge is 2.31. The van der Waals surface area contributed by atoms with Gasteiger partial charge in [-0.1, -0.05) is 18.6 Å². The Morgan fingerprint density at radius 1 is 1.41 bits per heavy atom. The molecule has 0 radical (unpaired) electrons. The fraction of sp³-hybridized carbons (Fsp3) is 0.588. The zero-order valence-corrected chi connectivity index (χ0v) is 14.2. The third-order valence-electron chi connectivity index (χ3n) is 4.48. The van der Waals surface area contributed by atoms with Crippen LogP contribution < -0.4 is 15.8 Å². The molecule has 3 N–H and O–H groups in total. The second-order valence-corrected chi connectivity index (χ2v) is 5.88. The van der Waals surface area contributed by atoms with Gasteiger partial charge < -0.3 is 15.8 Å². The first kappa shape index (κ1) is 18.8. The van der Waals surface area contributed by atoms with Crippen molar-refractivity contribution in [3.63, 3.8) is 0 Å². The molecule has 1 aromatic rings. The second-order valence-electron chi connectivity index (χ2n) is 5.88. The number of amides is 1. The zero-order valence-electron chi connectivity index (χ0n) is 13.4. The molecule has 2 rings (SSSR count). The summed E-state index contributed by atoms with van der Waals surface area (Å²) in [6.45, 7) is 3.31. The van der Waals surface area contributed by atoms with Gasteiger partial charge in [-0.3, -0.25) is 4.79 Å². The molecule has 4 nitrogen and oxygen atoms in total. The van der Waals surface area contributed by atoms with Gasteiger partial charge in [0.15, 0.2) is 0 Å². The molecule has 22 heavy (non-hydrogen) atoms. The smallest absolute Gasteiger partial charge is 0.223 e. The molecule has 0 unspecified atom stereocenters. The quantitative estimate of drug-likeness (QED) is 0.844. The number of nitrogens with two attached hydrogens (primary N) is 1. The van der Waals surface area contributed by atoms with Crippen LogP contribution in [0.5, 0.6) is 5.75 Å². The summed E-state index contributed by atoms with van der Waals surface area (Å²) >= 11 is 0. The SMILES string of the molecule is COc1cc(CCNC(=O)[C@@H]2CCC[C@@H]2CN)ccc1C.Cl. The summed E-state index contributed by atoms with van der Waals surface area (Å²) < 4.78 is 5.32. The third kappa shape index (κ3) is 4.62. The van der Waals surface area contributed by atoms with Crippen molar-refractivity contribution < 1.29 is 9.53 Å². The molecule has 5 heteroatoms. The normalized spacial score (nSPS) is 20.3. The monoisotopic (exact) mass is 326 g/mol. The molecular formula is C17H27ClN2O2. The van der Waals surface area contributed by atoms with E-state index in [-0.39, 0.29) is 24.2 Å². The number of carbonyl (C=O) groups excluding carboxylic acids is 1. The highest BCUT2D eigenvalue weighted by molar-refractivity contribution is 5.85. The van der Waals surface area contributed by atoms with E-state index in [9.17, 15) is 4.79 Å². The van der Waals surface area contributed by atoms with Crippen LogP contribution in [-0.4, -0.2) is 26.1 Å². The fourth-order valence-electron chi connectivity index (χ4n) is 3.15. The lowest BCUT2D eigenvalue weighted by molar-refractivity contribution is -0.125. The minimum Gasteiger partial charge on any atom is -0.496 e. The van der Waals surface area contributed by atoms with E-state index in [1.54, 1.807) is 7.11 Å². The van der Waals surface area contributed by atoms with Crippen molar-refractivity contribution in [1.82, 2.24) is 5.32 Å². The molecule has 1 aromatic carbocycles. The van der Waals surface area contributed by atoms with Gasteiger partial charge in [0, 0.05) is 12.5 Å². The van der Waals surface area contributed by atoms with Crippen LogP contribution in [0.1, 0.15) is 30.4 Å². The largest absolute Gasteiger partial charge is 0.496 e. The third-order valence-corrected chi connectivity index (χ3v) is 4.48. The number of carbonyl (C=O) groups is 1. The predicted octanol–water partition coefficient (Wildman–Crippen LogP) is 2.46. The van der Waals surface area contributed by atoms with Gasteiger partial charge in [-0.05, 0) is 55.8 Å². The standard InChI is InChI=1S/C17H26N2O2.ClH/c1-12-6-7-13(10-16(12)21-2)8-9-19-17(20)15-5-3-4-14(15)11-18;/h6-7,10,14-15H,3-5,8-9,11,18H2,1-2H3,(H,19,20);1H/t14-,15-;/m1./s1. The topological polar surface area (TPSA) is 64.3 Å². The molecule has 1 aliphatic rings. The molecule has 0 aromatic heterocycles. The lowest BCUT2D eigenvalue weighted by Crippen LogP contribution is -2.36. The summed E-state index contributed by atoms with van der Waals surface area (Å²) in [5.41, 5.74) is 8.04. The second kappa shape index (κ2) is 9.01. The summed E-state index contributed by atoms with van der Waals surface area (Å²) in [7, 11) is 1.68. The molecule has 0 heterocycles. The molecule has 1 amide bonds. The average Bonchev–Trinajstić information content (AvgIpc) is 2.97. The maximum atomic E-state index is 12.2. The number of ether oxygens (including phenoxy) is 1. The van der Waals surface area contributed by atoms with Crippen molar-refractivity contribution in [2.24, 2.45) is 17.6 Å². The first-order valence-corrected chi connectivity index (χ1v) is 7.77. The van der Waals surface area contributed by atoms with Gasteiger partial charge in [-0.25, -0.2) is 0 Å². The van der Waals surface area contributed by atoms with Crippen molar-refractivity contribution >= 4 is 18.3 Å². The van der Waals surface area contributed by atoms with Gasteiger partial charge in [0.1, 0.15) is 5.75 Å². The molecule has 1 fully saturated rings. The van der Waals surface area contributed by atoms with Gasteiger partial charge >= 0.3 is 0 Å². The zero-order chi connectivity index (χ0) is 15.2. The number of methoxy groups -OCH3 is 1. The molecule has 124 valence electrons. The van der Waals surface area contributed by atoms with E-state index in [0.717, 1.165) is 37.0 Å². The Balaban J connectivity index is 0.00000242. The van der Waals surface area contributed by atoms with Gasteiger partial charge in [0.05, 0.1) is 7.11 Å². The number of aryl methyl sites for hydroxylation is 1. The van der Waals surface area contributed by atoms with Crippen LogP contribution in [0.4, 0.5) is 0 Å². The summed E-state index contributed by atoms with van der Waals surface area (Å²) in [5, 5.41) is 3.05. The Morgan fingerprint density at radius 3 is 2.86 bits per heavy atom. The van der Waals surface area contributed by atoms with Crippen LogP contribution in [0.2, 0.25) is 0 Å². The Hall–Kier alpha value is -1.26. The van der Waals surface area contributed by atoms with Gasteiger partial charge in [-0.2, -0.15) is 0 Å². The first-order chi connectivity index (χ1) is 10.2. The number of hydrogen-bond donors (Lipinski definition) is 2. The minimum absolute atomic E-state index is 0. The molecule has 0 bridgehead atoms. The van der Waals surface area contributed by atoms with E-state index in [1.165, 1.54) is 5.56 Å². The molecule has 1 aliphatic carbocycles. The highest BCUT2D eigenvalue weighted by Crippen LogP contribution is 2.30. The fourth-order valence-corrected chi connectivity index (χ4v) is 3.15. The Kier molecular flexibility index (Phi) is 7.69. The Bertz CT molecular complexity index is 494. The van der Waals surface area contributed by atoms with Gasteiger partial charge in [0.2, 0.25) is 5.91 Å². The number of nitrogens with one attached hydrogen (secondary N) is 1. The minimum atomic E-state index is 0. The van der Waals surface area contributed by atoms with E-state index in [1.807, 2.05) is 13.0 Å². The van der Waals surface area contributed by atoms with Crippen molar-refractivity contribution in [2.45, 2.75) is 32.6 Å². The van der Waals surface area contributed by atoms with E-state index >= 15 is 0 Å². The molecular weight excluding hydrogens is 300 g/mol. The average molecular weight is 327 g/mol. The van der Waals surface area contributed by atoms with Crippen LogP contribution in [-0.2, 0) is 11.2 Å². The van der Waals surface area contributed by atoms with E-state index < -0.39 is 0 Å². The lowest BCUT2D eigenvalue weighted by atomic mass is 9.95. The number of halogens is 1. The summed E-state index contributed by atoms with van der Waals surface area (Å²) in [6, 6.07) is 6.18. The van der Waals surface area contributed by atoms with E-state index in [4.69, 9.17) is 10.5 Å². The van der Waals surface area contributed by atoms with Crippen molar-refractivity contribution in [2.75, 3.05) is 20.2 Å². The van der Waals surface area contributed by atoms with Crippen LogP contribution in [0, 0.1) is 18.8 Å². The number of hydrogen-bond acceptors (Lipinski definition) is 3. The lowest BCUT2D eigenvalue weighted by Gasteiger charge is -2.17. The van der Waals surface area contributed by atoms with Gasteiger partial charge in [0.25, 0.3) is 0 Å². The van der Waals surface area contributed by atoms with Crippen LogP contribution in [0.25, 0.3) is 0 Å².